The highest BCUT2D eigenvalue weighted by atomic mass is 16.5. The van der Waals surface area contributed by atoms with Crippen molar-refractivity contribution < 1.29 is 4.74 Å². The average molecular weight is 298 g/mol. The first kappa shape index (κ1) is 14.8. The van der Waals surface area contributed by atoms with Gasteiger partial charge in [0.25, 0.3) is 0 Å². The summed E-state index contributed by atoms with van der Waals surface area (Å²) in [6, 6.07) is 12.2. The Hall–Kier alpha value is -2.14. The molecular weight excluding hydrogens is 276 g/mol. The molecule has 0 bridgehead atoms. The quantitative estimate of drug-likeness (QED) is 0.831. The highest BCUT2D eigenvalue weighted by Crippen LogP contribution is 2.24. The Morgan fingerprint density at radius 1 is 1.14 bits per heavy atom. The van der Waals surface area contributed by atoms with Gasteiger partial charge < -0.3 is 15.0 Å². The summed E-state index contributed by atoms with van der Waals surface area (Å²) >= 11 is 0. The summed E-state index contributed by atoms with van der Waals surface area (Å²) in [5.74, 6) is 1.67. The first-order valence-corrected chi connectivity index (χ1v) is 7.79. The number of hydrogen-bond acceptors (Lipinski definition) is 5. The van der Waals surface area contributed by atoms with E-state index < -0.39 is 0 Å². The van der Waals surface area contributed by atoms with E-state index in [4.69, 9.17) is 9.72 Å². The molecule has 1 saturated heterocycles. The fraction of sp³-hybridized carbons (Fsp3) is 0.412. The zero-order valence-electron chi connectivity index (χ0n) is 13.0. The van der Waals surface area contributed by atoms with Crippen molar-refractivity contribution in [1.82, 2.24) is 9.97 Å². The second kappa shape index (κ2) is 7.22. The van der Waals surface area contributed by atoms with Crippen LogP contribution < -0.4 is 10.2 Å². The summed E-state index contributed by atoms with van der Waals surface area (Å²) in [6.45, 7) is 3.47. The van der Waals surface area contributed by atoms with E-state index in [1.54, 1.807) is 7.11 Å². The van der Waals surface area contributed by atoms with E-state index in [2.05, 4.69) is 27.3 Å². The minimum Gasteiger partial charge on any atom is -0.383 e. The average Bonchev–Trinajstić information content (AvgIpc) is 3.10. The number of anilines is 2. The number of methoxy groups -OCH3 is 1. The largest absolute Gasteiger partial charge is 0.383 e. The van der Waals surface area contributed by atoms with Gasteiger partial charge in [0.15, 0.2) is 0 Å². The van der Waals surface area contributed by atoms with Crippen molar-refractivity contribution in [3.8, 4) is 11.3 Å². The van der Waals surface area contributed by atoms with Crippen molar-refractivity contribution in [2.24, 2.45) is 0 Å². The lowest BCUT2D eigenvalue weighted by molar-refractivity contribution is 0.210. The van der Waals surface area contributed by atoms with Gasteiger partial charge in [-0.2, -0.15) is 4.98 Å². The van der Waals surface area contributed by atoms with Crippen LogP contribution in [0.5, 0.6) is 0 Å². The van der Waals surface area contributed by atoms with Gasteiger partial charge in [-0.05, 0) is 12.8 Å². The maximum Gasteiger partial charge on any atom is 0.227 e. The molecule has 1 aromatic carbocycles. The fourth-order valence-electron chi connectivity index (χ4n) is 2.62. The Kier molecular flexibility index (Phi) is 4.85. The van der Waals surface area contributed by atoms with Gasteiger partial charge in [0.1, 0.15) is 5.82 Å². The molecule has 3 rings (SSSR count). The predicted octanol–water partition coefficient (Wildman–Crippen LogP) is 2.80. The molecule has 0 unspecified atom stereocenters. The Labute approximate surface area is 131 Å². The number of hydrogen-bond donors (Lipinski definition) is 1. The third kappa shape index (κ3) is 3.54. The van der Waals surface area contributed by atoms with Gasteiger partial charge in [0, 0.05) is 38.4 Å². The lowest BCUT2D eigenvalue weighted by Crippen LogP contribution is -2.21. The van der Waals surface area contributed by atoms with Crippen LogP contribution >= 0.6 is 0 Å². The first-order chi connectivity index (χ1) is 10.9. The van der Waals surface area contributed by atoms with Crippen molar-refractivity contribution in [3.05, 3.63) is 36.4 Å². The number of rotatable bonds is 6. The summed E-state index contributed by atoms with van der Waals surface area (Å²) in [6.07, 6.45) is 2.43. The second-order valence-corrected chi connectivity index (χ2v) is 5.42. The number of aromatic nitrogens is 2. The highest BCUT2D eigenvalue weighted by molar-refractivity contribution is 5.64. The fourth-order valence-corrected chi connectivity index (χ4v) is 2.62. The molecule has 0 atom stereocenters. The molecule has 1 N–H and O–H groups in total. The molecular formula is C17H22N4O. The predicted molar refractivity (Wildman–Crippen MR) is 89.3 cm³/mol. The molecule has 1 aliphatic rings. The Bertz CT molecular complexity index is 597. The van der Waals surface area contributed by atoms with Gasteiger partial charge in [-0.1, -0.05) is 30.3 Å². The van der Waals surface area contributed by atoms with Gasteiger partial charge >= 0.3 is 0 Å². The monoisotopic (exact) mass is 298 g/mol. The van der Waals surface area contributed by atoms with Crippen LogP contribution in [0.2, 0.25) is 0 Å². The molecule has 0 radical (unpaired) electrons. The molecule has 0 aliphatic carbocycles. The molecule has 0 amide bonds. The van der Waals surface area contributed by atoms with Crippen LogP contribution in [-0.2, 0) is 4.74 Å². The first-order valence-electron chi connectivity index (χ1n) is 7.79. The van der Waals surface area contributed by atoms with Crippen LogP contribution in [0.25, 0.3) is 11.3 Å². The minimum absolute atomic E-state index is 0.656. The van der Waals surface area contributed by atoms with Gasteiger partial charge in [-0.25, -0.2) is 4.98 Å². The molecule has 116 valence electrons. The van der Waals surface area contributed by atoms with Crippen molar-refractivity contribution in [1.29, 1.82) is 0 Å². The van der Waals surface area contributed by atoms with Crippen molar-refractivity contribution in [3.63, 3.8) is 0 Å². The van der Waals surface area contributed by atoms with Crippen LogP contribution in [0, 0.1) is 0 Å². The van der Waals surface area contributed by atoms with E-state index in [1.165, 1.54) is 12.8 Å². The number of ether oxygens (including phenoxy) is 1. The molecule has 2 heterocycles. The Morgan fingerprint density at radius 3 is 2.64 bits per heavy atom. The molecule has 0 saturated carbocycles. The Balaban J connectivity index is 1.90. The standard InChI is InChI=1S/C17H22N4O/c1-22-12-9-18-16-13-15(14-7-3-2-4-8-14)19-17(20-16)21-10-5-6-11-21/h2-4,7-8,13H,5-6,9-12H2,1H3,(H,18,19,20). The highest BCUT2D eigenvalue weighted by Gasteiger charge is 2.17. The van der Waals surface area contributed by atoms with E-state index in [0.29, 0.717) is 6.61 Å². The van der Waals surface area contributed by atoms with Crippen molar-refractivity contribution in [2.45, 2.75) is 12.8 Å². The van der Waals surface area contributed by atoms with Crippen LogP contribution in [0.1, 0.15) is 12.8 Å². The SMILES string of the molecule is COCCNc1cc(-c2ccccc2)nc(N2CCCC2)n1. The van der Waals surface area contributed by atoms with Crippen LogP contribution in [0.3, 0.4) is 0 Å². The molecule has 1 aromatic heterocycles. The van der Waals surface area contributed by atoms with E-state index in [-0.39, 0.29) is 0 Å². The van der Waals surface area contributed by atoms with Crippen LogP contribution in [0.15, 0.2) is 36.4 Å². The van der Waals surface area contributed by atoms with E-state index in [0.717, 1.165) is 42.7 Å². The molecule has 22 heavy (non-hydrogen) atoms. The Morgan fingerprint density at radius 2 is 1.91 bits per heavy atom. The zero-order valence-corrected chi connectivity index (χ0v) is 13.0. The summed E-state index contributed by atoms with van der Waals surface area (Å²) in [7, 11) is 1.70. The number of benzene rings is 1. The second-order valence-electron chi connectivity index (χ2n) is 5.42. The molecule has 0 spiro atoms. The molecule has 5 heteroatoms. The third-order valence-corrected chi connectivity index (χ3v) is 3.79. The maximum atomic E-state index is 5.09. The molecule has 2 aromatic rings. The van der Waals surface area contributed by atoms with Gasteiger partial charge in [0.05, 0.1) is 12.3 Å². The lowest BCUT2D eigenvalue weighted by atomic mass is 10.1. The number of nitrogens with zero attached hydrogens (tertiary/aromatic N) is 3. The normalized spacial score (nSPS) is 14.3. The minimum atomic E-state index is 0.656. The van der Waals surface area contributed by atoms with E-state index >= 15 is 0 Å². The lowest BCUT2D eigenvalue weighted by Gasteiger charge is -2.17. The summed E-state index contributed by atoms with van der Waals surface area (Å²) in [4.78, 5) is 11.7. The van der Waals surface area contributed by atoms with Crippen molar-refractivity contribution >= 4 is 11.8 Å². The smallest absolute Gasteiger partial charge is 0.227 e. The van der Waals surface area contributed by atoms with Gasteiger partial charge in [0.2, 0.25) is 5.95 Å². The molecule has 1 fully saturated rings. The summed E-state index contributed by atoms with van der Waals surface area (Å²) < 4.78 is 5.09. The number of nitrogens with one attached hydrogen (secondary N) is 1. The van der Waals surface area contributed by atoms with Crippen LogP contribution in [-0.4, -0.2) is 43.3 Å². The van der Waals surface area contributed by atoms with E-state index in [1.807, 2.05) is 24.3 Å². The third-order valence-electron chi connectivity index (χ3n) is 3.79. The van der Waals surface area contributed by atoms with E-state index in [9.17, 15) is 0 Å². The molecule has 1 aliphatic heterocycles. The summed E-state index contributed by atoms with van der Waals surface area (Å²) in [5.41, 5.74) is 2.07. The zero-order chi connectivity index (χ0) is 15.2. The van der Waals surface area contributed by atoms with Crippen molar-refractivity contribution in [2.75, 3.05) is 43.6 Å². The van der Waals surface area contributed by atoms with Crippen LogP contribution in [0.4, 0.5) is 11.8 Å². The molecule has 5 nitrogen and oxygen atoms in total. The van der Waals surface area contributed by atoms with Gasteiger partial charge in [-0.15, -0.1) is 0 Å². The topological polar surface area (TPSA) is 50.3 Å². The van der Waals surface area contributed by atoms with Gasteiger partial charge in [-0.3, -0.25) is 0 Å². The summed E-state index contributed by atoms with van der Waals surface area (Å²) in [5, 5.41) is 3.32. The maximum absolute atomic E-state index is 5.09.